The van der Waals surface area contributed by atoms with E-state index in [4.69, 9.17) is 5.73 Å². The number of hydrogen-bond donors (Lipinski definition) is 1. The van der Waals surface area contributed by atoms with E-state index in [0.29, 0.717) is 24.1 Å². The van der Waals surface area contributed by atoms with Crippen LogP contribution in [-0.2, 0) is 5.67 Å². The molecule has 2 heteroatoms. The summed E-state index contributed by atoms with van der Waals surface area (Å²) in [6.07, 6.45) is 1.25. The van der Waals surface area contributed by atoms with Gasteiger partial charge in [-0.1, -0.05) is 18.2 Å². The molecule has 0 aliphatic heterocycles. The molecule has 64 valence electrons. The van der Waals surface area contributed by atoms with E-state index < -0.39 is 5.67 Å². The van der Waals surface area contributed by atoms with Crippen LogP contribution in [0.4, 0.5) is 10.1 Å². The largest absolute Gasteiger partial charge is 0.398 e. The highest BCUT2D eigenvalue weighted by Gasteiger charge is 2.46. The first-order valence-electron chi connectivity index (χ1n) is 4.18. The van der Waals surface area contributed by atoms with Gasteiger partial charge >= 0.3 is 0 Å². The first-order valence-corrected chi connectivity index (χ1v) is 4.18. The lowest BCUT2D eigenvalue weighted by Crippen LogP contribution is -2.04. The molecular formula is C10H12FN. The van der Waals surface area contributed by atoms with E-state index in [0.717, 1.165) is 5.56 Å². The van der Waals surface area contributed by atoms with E-state index in [1.165, 1.54) is 0 Å². The fourth-order valence-corrected chi connectivity index (χ4v) is 1.45. The summed E-state index contributed by atoms with van der Waals surface area (Å²) >= 11 is 0. The second-order valence-corrected chi connectivity index (χ2v) is 3.50. The first kappa shape index (κ1) is 7.59. The lowest BCUT2D eigenvalue weighted by Gasteiger charge is -2.10. The molecule has 1 aromatic carbocycles. The van der Waals surface area contributed by atoms with Crippen LogP contribution in [0.15, 0.2) is 18.2 Å². The minimum atomic E-state index is -1.10. The highest BCUT2D eigenvalue weighted by Crippen LogP contribution is 2.51. The summed E-state index contributed by atoms with van der Waals surface area (Å²) in [4.78, 5) is 0. The smallest absolute Gasteiger partial charge is 0.138 e. The minimum absolute atomic E-state index is 0.623. The molecule has 1 aliphatic rings. The third-order valence-corrected chi connectivity index (χ3v) is 2.50. The van der Waals surface area contributed by atoms with Crippen molar-refractivity contribution in [1.82, 2.24) is 0 Å². The zero-order chi connectivity index (χ0) is 8.77. The zero-order valence-electron chi connectivity index (χ0n) is 7.10. The third-order valence-electron chi connectivity index (χ3n) is 2.50. The highest BCUT2D eigenvalue weighted by molar-refractivity contribution is 5.56. The molecule has 1 aromatic rings. The number of rotatable bonds is 1. The van der Waals surface area contributed by atoms with Crippen molar-refractivity contribution in [2.45, 2.75) is 25.4 Å². The molecule has 1 saturated carbocycles. The molecule has 0 radical (unpaired) electrons. The molecule has 0 amide bonds. The van der Waals surface area contributed by atoms with Gasteiger partial charge in [0.2, 0.25) is 0 Å². The van der Waals surface area contributed by atoms with Gasteiger partial charge in [0.15, 0.2) is 0 Å². The van der Waals surface area contributed by atoms with Crippen LogP contribution in [0, 0.1) is 6.92 Å². The Kier molecular flexibility index (Phi) is 1.40. The monoisotopic (exact) mass is 165 g/mol. The molecule has 2 N–H and O–H groups in total. The summed E-state index contributed by atoms with van der Waals surface area (Å²) in [6.45, 7) is 1.91. The van der Waals surface area contributed by atoms with Gasteiger partial charge in [0.1, 0.15) is 5.67 Å². The molecule has 0 aromatic heterocycles. The number of halogens is 1. The Morgan fingerprint density at radius 3 is 2.67 bits per heavy atom. The second kappa shape index (κ2) is 2.22. The molecule has 0 bridgehead atoms. The van der Waals surface area contributed by atoms with Crippen molar-refractivity contribution in [2.24, 2.45) is 0 Å². The first-order chi connectivity index (χ1) is 5.63. The average molecular weight is 165 g/mol. The van der Waals surface area contributed by atoms with Crippen LogP contribution in [0.1, 0.15) is 24.0 Å². The maximum atomic E-state index is 13.6. The molecule has 0 saturated heterocycles. The van der Waals surface area contributed by atoms with Crippen molar-refractivity contribution in [1.29, 1.82) is 0 Å². The number of nitrogens with two attached hydrogens (primary N) is 1. The number of para-hydroxylation sites is 1. The van der Waals surface area contributed by atoms with E-state index in [1.54, 1.807) is 6.07 Å². The predicted molar refractivity (Wildman–Crippen MR) is 47.6 cm³/mol. The Labute approximate surface area is 71.4 Å². The summed E-state index contributed by atoms with van der Waals surface area (Å²) in [6, 6.07) is 5.56. The minimum Gasteiger partial charge on any atom is -0.398 e. The molecule has 0 atom stereocenters. The van der Waals surface area contributed by atoms with Gasteiger partial charge in [0.25, 0.3) is 0 Å². The standard InChI is InChI=1S/C10H12FN/c1-7-3-2-4-8(9(7)12)10(11)5-6-10/h2-4H,5-6,12H2,1H3. The van der Waals surface area contributed by atoms with Crippen LogP contribution in [0.25, 0.3) is 0 Å². The van der Waals surface area contributed by atoms with Crippen LogP contribution in [0.3, 0.4) is 0 Å². The van der Waals surface area contributed by atoms with E-state index in [1.807, 2.05) is 19.1 Å². The van der Waals surface area contributed by atoms with Crippen molar-refractivity contribution < 1.29 is 4.39 Å². The van der Waals surface area contributed by atoms with Crippen molar-refractivity contribution in [3.05, 3.63) is 29.3 Å². The summed E-state index contributed by atoms with van der Waals surface area (Å²) in [7, 11) is 0. The molecule has 0 spiro atoms. The van der Waals surface area contributed by atoms with Gasteiger partial charge in [0, 0.05) is 11.3 Å². The normalized spacial score (nSPS) is 19.2. The van der Waals surface area contributed by atoms with E-state index in [-0.39, 0.29) is 0 Å². The van der Waals surface area contributed by atoms with Crippen molar-refractivity contribution >= 4 is 5.69 Å². The quantitative estimate of drug-likeness (QED) is 0.636. The van der Waals surface area contributed by atoms with Crippen LogP contribution in [-0.4, -0.2) is 0 Å². The molecule has 2 rings (SSSR count). The Morgan fingerprint density at radius 1 is 1.42 bits per heavy atom. The molecule has 12 heavy (non-hydrogen) atoms. The topological polar surface area (TPSA) is 26.0 Å². The van der Waals surface area contributed by atoms with Crippen LogP contribution >= 0.6 is 0 Å². The number of alkyl halides is 1. The lowest BCUT2D eigenvalue weighted by atomic mass is 10.0. The maximum absolute atomic E-state index is 13.6. The van der Waals surface area contributed by atoms with Gasteiger partial charge in [-0.25, -0.2) is 4.39 Å². The molecule has 1 aliphatic carbocycles. The third kappa shape index (κ3) is 0.986. The van der Waals surface area contributed by atoms with Gasteiger partial charge in [-0.15, -0.1) is 0 Å². The summed E-state index contributed by atoms with van der Waals surface area (Å²) in [5.74, 6) is 0. The van der Waals surface area contributed by atoms with Gasteiger partial charge in [-0.3, -0.25) is 0 Å². The SMILES string of the molecule is Cc1cccc(C2(F)CC2)c1N. The lowest BCUT2D eigenvalue weighted by molar-refractivity contribution is 0.318. The fourth-order valence-electron chi connectivity index (χ4n) is 1.45. The molecule has 1 fully saturated rings. The highest BCUT2D eigenvalue weighted by atomic mass is 19.1. The van der Waals surface area contributed by atoms with E-state index in [2.05, 4.69) is 0 Å². The van der Waals surface area contributed by atoms with Gasteiger partial charge < -0.3 is 5.73 Å². The fraction of sp³-hybridized carbons (Fsp3) is 0.400. The summed E-state index contributed by atoms with van der Waals surface area (Å²) < 4.78 is 13.6. The van der Waals surface area contributed by atoms with Gasteiger partial charge in [0.05, 0.1) is 0 Å². The Bertz CT molecular complexity index is 316. The van der Waals surface area contributed by atoms with Crippen molar-refractivity contribution in [3.63, 3.8) is 0 Å². The van der Waals surface area contributed by atoms with Crippen molar-refractivity contribution in [2.75, 3.05) is 5.73 Å². The van der Waals surface area contributed by atoms with Gasteiger partial charge in [-0.2, -0.15) is 0 Å². The van der Waals surface area contributed by atoms with E-state index in [9.17, 15) is 4.39 Å². The molecular weight excluding hydrogens is 153 g/mol. The number of anilines is 1. The average Bonchev–Trinajstić information content (AvgIpc) is 2.75. The molecule has 0 heterocycles. The van der Waals surface area contributed by atoms with Crippen LogP contribution in [0.5, 0.6) is 0 Å². The maximum Gasteiger partial charge on any atom is 0.138 e. The number of aryl methyl sites for hydroxylation is 1. The van der Waals surface area contributed by atoms with E-state index >= 15 is 0 Å². The summed E-state index contributed by atoms with van der Waals surface area (Å²) in [5, 5.41) is 0. The Balaban J connectivity index is 2.51. The Morgan fingerprint density at radius 2 is 2.08 bits per heavy atom. The van der Waals surface area contributed by atoms with Crippen molar-refractivity contribution in [3.8, 4) is 0 Å². The molecule has 1 nitrogen and oxygen atoms in total. The number of benzene rings is 1. The molecule has 0 unspecified atom stereocenters. The van der Waals surface area contributed by atoms with Gasteiger partial charge in [-0.05, 0) is 25.3 Å². The van der Waals surface area contributed by atoms with Crippen LogP contribution in [0.2, 0.25) is 0 Å². The summed E-state index contributed by atoms with van der Waals surface area (Å²) in [5.41, 5.74) is 6.94. The van der Waals surface area contributed by atoms with Crippen LogP contribution < -0.4 is 5.73 Å². The zero-order valence-corrected chi connectivity index (χ0v) is 7.10. The Hall–Kier alpha value is -1.05. The second-order valence-electron chi connectivity index (χ2n) is 3.50. The predicted octanol–water partition coefficient (Wildman–Crippen LogP) is 2.54. The number of nitrogen functional groups attached to an aromatic ring is 1. The number of hydrogen-bond acceptors (Lipinski definition) is 1.